The molecule has 2 aliphatic rings. The van der Waals surface area contributed by atoms with Crippen LogP contribution < -0.4 is 9.62 Å². The predicted molar refractivity (Wildman–Crippen MR) is 138 cm³/mol. The van der Waals surface area contributed by atoms with E-state index in [1.165, 1.54) is 48.2 Å². The number of fused-ring (bicyclic) bond motifs is 1. The van der Waals surface area contributed by atoms with E-state index >= 15 is 0 Å². The van der Waals surface area contributed by atoms with Crippen LogP contribution in [0.4, 0.5) is 17.1 Å². The van der Waals surface area contributed by atoms with E-state index in [0.717, 1.165) is 29.7 Å². The second-order valence-electron chi connectivity index (χ2n) is 8.02. The summed E-state index contributed by atoms with van der Waals surface area (Å²) >= 11 is 0.859. The molecule has 196 valence electrons. The van der Waals surface area contributed by atoms with Crippen molar-refractivity contribution in [3.8, 4) is 0 Å². The number of nitro benzene ring substituents is 1. The number of carbonyl (C=O) groups excluding carboxylic acids is 4. The van der Waals surface area contributed by atoms with Crippen LogP contribution >= 0.6 is 11.8 Å². The molecule has 0 aliphatic carbocycles. The van der Waals surface area contributed by atoms with Gasteiger partial charge in [-0.1, -0.05) is 0 Å². The second-order valence-corrected chi connectivity index (χ2v) is 10.7. The van der Waals surface area contributed by atoms with E-state index in [4.69, 9.17) is 0 Å². The van der Waals surface area contributed by atoms with Gasteiger partial charge in [-0.3, -0.25) is 34.2 Å². The van der Waals surface area contributed by atoms with Gasteiger partial charge in [0.2, 0.25) is 11.8 Å². The molecule has 2 aromatic rings. The smallest absolute Gasteiger partial charge is 0.270 e. The minimum Gasteiger partial charge on any atom is -0.287 e. The van der Waals surface area contributed by atoms with Crippen LogP contribution in [0, 0.1) is 10.1 Å². The number of imide groups is 1. The SMILES string of the molecule is CCN1C(=O)/C(=C2/C(=O)N(C(C)=O)c3ccc([N+](=O)[O-])cc32)S/C1=N\c1ccc(S(=O)(=O)NC(C)=O)cc1. The van der Waals surface area contributed by atoms with Crippen molar-refractivity contribution in [1.82, 2.24) is 9.62 Å². The highest BCUT2D eigenvalue weighted by Crippen LogP contribution is 2.46. The molecule has 2 heterocycles. The van der Waals surface area contributed by atoms with Gasteiger partial charge in [-0.15, -0.1) is 0 Å². The summed E-state index contributed by atoms with van der Waals surface area (Å²) in [5.74, 6) is -2.72. The van der Waals surface area contributed by atoms with Gasteiger partial charge in [-0.05, 0) is 49.0 Å². The lowest BCUT2D eigenvalue weighted by Crippen LogP contribution is -2.32. The van der Waals surface area contributed by atoms with Crippen molar-refractivity contribution in [2.45, 2.75) is 25.7 Å². The van der Waals surface area contributed by atoms with Crippen LogP contribution in [-0.2, 0) is 29.2 Å². The molecule has 1 saturated heterocycles. The van der Waals surface area contributed by atoms with Gasteiger partial charge in [0.15, 0.2) is 5.17 Å². The maximum atomic E-state index is 13.3. The van der Waals surface area contributed by atoms with E-state index in [1.807, 2.05) is 4.72 Å². The van der Waals surface area contributed by atoms with Gasteiger partial charge >= 0.3 is 0 Å². The molecule has 4 rings (SSSR count). The summed E-state index contributed by atoms with van der Waals surface area (Å²) in [5.41, 5.74) is 0.0414. The van der Waals surface area contributed by atoms with Crippen LogP contribution in [0.5, 0.6) is 0 Å². The monoisotopic (exact) mass is 557 g/mol. The van der Waals surface area contributed by atoms with Gasteiger partial charge in [0.1, 0.15) is 0 Å². The molecule has 0 radical (unpaired) electrons. The van der Waals surface area contributed by atoms with E-state index in [0.29, 0.717) is 0 Å². The fourth-order valence-corrected chi connectivity index (χ4v) is 6.02. The zero-order valence-corrected chi connectivity index (χ0v) is 21.8. The predicted octanol–water partition coefficient (Wildman–Crippen LogP) is 2.31. The largest absolute Gasteiger partial charge is 0.287 e. The van der Waals surface area contributed by atoms with Crippen molar-refractivity contribution in [1.29, 1.82) is 0 Å². The van der Waals surface area contributed by atoms with Crippen LogP contribution in [0.1, 0.15) is 26.3 Å². The molecule has 15 heteroatoms. The number of likely N-dealkylation sites (N-methyl/N-ethyl adjacent to an activating group) is 1. The molecule has 1 N–H and O–H groups in total. The Morgan fingerprint density at radius 1 is 1.08 bits per heavy atom. The minimum atomic E-state index is -4.05. The van der Waals surface area contributed by atoms with Gasteiger partial charge in [0.05, 0.1) is 31.7 Å². The molecule has 2 aromatic carbocycles. The topological polar surface area (TPSA) is 176 Å². The molecule has 2 aliphatic heterocycles. The molecule has 13 nitrogen and oxygen atoms in total. The highest BCUT2D eigenvalue weighted by molar-refractivity contribution is 8.18. The van der Waals surface area contributed by atoms with Gasteiger partial charge in [0.25, 0.3) is 27.5 Å². The number of benzene rings is 2. The molecule has 1 fully saturated rings. The number of amidine groups is 1. The fraction of sp³-hybridized carbons (Fsp3) is 0.174. The number of amides is 4. The molecule has 0 unspecified atom stereocenters. The third-order valence-corrected chi connectivity index (χ3v) is 8.02. The molecule has 0 spiro atoms. The highest BCUT2D eigenvalue weighted by Gasteiger charge is 2.44. The average molecular weight is 558 g/mol. The van der Waals surface area contributed by atoms with Gasteiger partial charge in [-0.2, -0.15) is 0 Å². The Labute approximate surface area is 220 Å². The number of hydrogen-bond acceptors (Lipinski definition) is 10. The Balaban J connectivity index is 1.78. The van der Waals surface area contributed by atoms with E-state index in [2.05, 4.69) is 4.99 Å². The maximum absolute atomic E-state index is 13.3. The lowest BCUT2D eigenvalue weighted by molar-refractivity contribution is -0.384. The molecule has 0 aromatic heterocycles. The van der Waals surface area contributed by atoms with Crippen molar-refractivity contribution in [2.24, 2.45) is 4.99 Å². The summed E-state index contributed by atoms with van der Waals surface area (Å²) in [5, 5.41) is 11.5. The van der Waals surface area contributed by atoms with Crippen LogP contribution in [0.3, 0.4) is 0 Å². The number of carbonyl (C=O) groups is 4. The van der Waals surface area contributed by atoms with Crippen LogP contribution in [0.25, 0.3) is 5.57 Å². The molecule has 4 amide bonds. The van der Waals surface area contributed by atoms with Crippen molar-refractivity contribution in [3.05, 3.63) is 63.0 Å². The Hall–Kier alpha value is -4.37. The number of non-ortho nitro benzene ring substituents is 1. The van der Waals surface area contributed by atoms with Gasteiger partial charge < -0.3 is 0 Å². The first kappa shape index (κ1) is 26.7. The number of nitrogens with zero attached hydrogens (tertiary/aromatic N) is 4. The summed E-state index contributed by atoms with van der Waals surface area (Å²) in [6, 6.07) is 8.83. The van der Waals surface area contributed by atoms with Crippen molar-refractivity contribution in [3.63, 3.8) is 0 Å². The first-order valence-corrected chi connectivity index (χ1v) is 13.3. The van der Waals surface area contributed by atoms with Crippen molar-refractivity contribution >= 4 is 73.2 Å². The molecule has 38 heavy (non-hydrogen) atoms. The normalized spacial score (nSPS) is 18.2. The number of aliphatic imine (C=N–C) groups is 1. The lowest BCUT2D eigenvalue weighted by Gasteiger charge is -2.12. The van der Waals surface area contributed by atoms with E-state index in [9.17, 15) is 37.7 Å². The lowest BCUT2D eigenvalue weighted by atomic mass is 10.1. The third-order valence-electron chi connectivity index (χ3n) is 5.49. The number of thioether (sulfide) groups is 1. The minimum absolute atomic E-state index is 0.0500. The Bertz CT molecular complexity index is 1600. The van der Waals surface area contributed by atoms with Crippen LogP contribution in [0.15, 0.2) is 57.3 Å². The number of hydrogen-bond donors (Lipinski definition) is 1. The third kappa shape index (κ3) is 4.68. The number of anilines is 1. The Morgan fingerprint density at radius 3 is 2.29 bits per heavy atom. The van der Waals surface area contributed by atoms with Crippen molar-refractivity contribution in [2.75, 3.05) is 11.4 Å². The van der Waals surface area contributed by atoms with E-state index < -0.39 is 38.6 Å². The summed E-state index contributed by atoms with van der Waals surface area (Å²) in [6.45, 7) is 4.09. The number of nitro groups is 1. The average Bonchev–Trinajstić information content (AvgIpc) is 3.29. The van der Waals surface area contributed by atoms with E-state index in [1.54, 1.807) is 6.92 Å². The molecular weight excluding hydrogens is 538 g/mol. The summed E-state index contributed by atoms with van der Waals surface area (Å²) in [7, 11) is -4.05. The zero-order valence-electron chi connectivity index (χ0n) is 20.1. The first-order valence-electron chi connectivity index (χ1n) is 11.0. The summed E-state index contributed by atoms with van der Waals surface area (Å²) in [6.07, 6.45) is 0. The summed E-state index contributed by atoms with van der Waals surface area (Å²) in [4.78, 5) is 67.0. The van der Waals surface area contributed by atoms with E-state index in [-0.39, 0.29) is 49.7 Å². The van der Waals surface area contributed by atoms with Gasteiger partial charge in [0, 0.05) is 38.1 Å². The Kier molecular flexibility index (Phi) is 6.90. The maximum Gasteiger partial charge on any atom is 0.270 e. The quantitative estimate of drug-likeness (QED) is 0.328. The van der Waals surface area contributed by atoms with Gasteiger partial charge in [-0.25, -0.2) is 23.0 Å². The Morgan fingerprint density at radius 2 is 1.74 bits per heavy atom. The molecular formula is C23H19N5O8S2. The molecule has 0 bridgehead atoms. The van der Waals surface area contributed by atoms with Crippen LogP contribution in [0.2, 0.25) is 0 Å². The first-order chi connectivity index (χ1) is 17.9. The zero-order chi connectivity index (χ0) is 27.9. The number of sulfonamides is 1. The second kappa shape index (κ2) is 9.83. The van der Waals surface area contributed by atoms with Crippen LogP contribution in [-0.4, -0.2) is 53.6 Å². The highest BCUT2D eigenvalue weighted by atomic mass is 32.2. The number of nitrogens with one attached hydrogen (secondary N) is 1. The van der Waals surface area contributed by atoms with Crippen molar-refractivity contribution < 1.29 is 32.5 Å². The summed E-state index contributed by atoms with van der Waals surface area (Å²) < 4.78 is 26.2. The fourth-order valence-electron chi connectivity index (χ4n) is 3.88. The molecule has 0 saturated carbocycles. The molecule has 0 atom stereocenters. The number of rotatable bonds is 5. The standard InChI is InChI=1S/C23H19N5O8S2/c1-4-26-22(32)20(19-17-11-15(28(33)34)7-10-18(17)27(13(3)30)21(19)31)37-23(26)24-14-5-8-16(9-6-14)38(35,36)25-12(2)29/h5-11H,4H2,1-3H3,(H,25,29)/b20-19-,24-23-.